The van der Waals surface area contributed by atoms with Gasteiger partial charge in [-0.15, -0.1) is 0 Å². The first kappa shape index (κ1) is 12.9. The van der Waals surface area contributed by atoms with E-state index in [4.69, 9.17) is 20.9 Å². The van der Waals surface area contributed by atoms with E-state index in [0.29, 0.717) is 21.7 Å². The molecule has 1 aromatic heterocycles. The Labute approximate surface area is 117 Å². The highest BCUT2D eigenvalue weighted by molar-refractivity contribution is 6.33. The van der Waals surface area contributed by atoms with Crippen LogP contribution in [0.25, 0.3) is 22.2 Å². The number of ether oxygens (including phenoxy) is 1. The third kappa shape index (κ3) is 2.00. The highest BCUT2D eigenvalue weighted by Crippen LogP contribution is 2.36. The van der Waals surface area contributed by atoms with Crippen molar-refractivity contribution >= 4 is 22.6 Å². The Morgan fingerprint density at radius 1 is 1.20 bits per heavy atom. The van der Waals surface area contributed by atoms with Crippen LogP contribution in [-0.2, 0) is 0 Å². The molecule has 0 spiro atoms. The molecule has 3 aromatic rings. The predicted molar refractivity (Wildman–Crippen MR) is 70.9 cm³/mol. The van der Waals surface area contributed by atoms with Crippen LogP contribution in [0.4, 0.5) is 8.78 Å². The van der Waals surface area contributed by atoms with Crippen LogP contribution < -0.4 is 4.74 Å². The molecule has 0 saturated heterocycles. The van der Waals surface area contributed by atoms with Gasteiger partial charge in [0.05, 0.1) is 17.5 Å². The van der Waals surface area contributed by atoms with Gasteiger partial charge in [0, 0.05) is 17.7 Å². The summed E-state index contributed by atoms with van der Waals surface area (Å²) in [5.41, 5.74) is 0.818. The summed E-state index contributed by atoms with van der Waals surface area (Å²) in [4.78, 5) is 0. The van der Waals surface area contributed by atoms with Crippen LogP contribution in [0.1, 0.15) is 0 Å². The second-order valence-corrected chi connectivity index (χ2v) is 4.55. The number of hydrogen-bond donors (Lipinski definition) is 0. The summed E-state index contributed by atoms with van der Waals surface area (Å²) in [6, 6.07) is 6.39. The molecule has 102 valence electrons. The van der Waals surface area contributed by atoms with Crippen LogP contribution >= 0.6 is 11.6 Å². The lowest BCUT2D eigenvalue weighted by Crippen LogP contribution is -1.87. The fourth-order valence-corrected chi connectivity index (χ4v) is 2.21. The largest absolute Gasteiger partial charge is 0.495 e. The maximum atomic E-state index is 13.8. The minimum absolute atomic E-state index is 0.145. The molecule has 0 amide bonds. The van der Waals surface area contributed by atoms with Crippen LogP contribution in [0, 0.1) is 11.6 Å². The Bertz CT molecular complexity index is 801. The van der Waals surface area contributed by atoms with E-state index < -0.39 is 11.6 Å². The van der Waals surface area contributed by atoms with E-state index in [9.17, 15) is 8.78 Å². The molecule has 1 heterocycles. The van der Waals surface area contributed by atoms with Crippen LogP contribution in [0.3, 0.4) is 0 Å². The molecule has 0 N–H and O–H groups in total. The lowest BCUT2D eigenvalue weighted by atomic mass is 10.1. The molecule has 6 heteroatoms. The molecular weight excluding hydrogens is 288 g/mol. The first-order valence-electron chi connectivity index (χ1n) is 5.68. The summed E-state index contributed by atoms with van der Waals surface area (Å²) < 4.78 is 37.0. The monoisotopic (exact) mass is 295 g/mol. The third-order valence-corrected chi connectivity index (χ3v) is 3.23. The van der Waals surface area contributed by atoms with Gasteiger partial charge in [-0.2, -0.15) is 0 Å². The quantitative estimate of drug-likeness (QED) is 0.701. The number of halogens is 3. The zero-order valence-corrected chi connectivity index (χ0v) is 11.0. The van der Waals surface area contributed by atoms with Crippen molar-refractivity contribution in [1.82, 2.24) is 5.16 Å². The van der Waals surface area contributed by atoms with Crippen LogP contribution in [0.15, 0.2) is 34.9 Å². The minimum atomic E-state index is -0.716. The molecule has 3 rings (SSSR count). The van der Waals surface area contributed by atoms with Gasteiger partial charge in [-0.3, -0.25) is 0 Å². The van der Waals surface area contributed by atoms with Gasteiger partial charge in [-0.25, -0.2) is 8.78 Å². The lowest BCUT2D eigenvalue weighted by Gasteiger charge is -2.03. The van der Waals surface area contributed by atoms with Crippen LogP contribution in [-0.4, -0.2) is 12.3 Å². The molecule has 0 aliphatic carbocycles. The van der Waals surface area contributed by atoms with E-state index in [-0.39, 0.29) is 11.3 Å². The smallest absolute Gasteiger partial charge is 0.171 e. The zero-order valence-electron chi connectivity index (χ0n) is 10.3. The number of benzene rings is 2. The van der Waals surface area contributed by atoms with E-state index in [2.05, 4.69) is 5.16 Å². The fourth-order valence-electron chi connectivity index (χ4n) is 1.97. The predicted octanol–water partition coefficient (Wildman–Crippen LogP) is 4.44. The van der Waals surface area contributed by atoms with Crippen molar-refractivity contribution in [2.75, 3.05) is 7.11 Å². The first-order valence-corrected chi connectivity index (χ1v) is 6.06. The standard InChI is InChI=1S/C14H8ClF2NO2/c1-19-13-6-12-9(5-10(13)15)14(18-20-12)8-3-2-7(16)4-11(8)17/h2-6H,1H3. The van der Waals surface area contributed by atoms with E-state index in [0.717, 1.165) is 12.1 Å². The zero-order chi connectivity index (χ0) is 14.3. The van der Waals surface area contributed by atoms with Gasteiger partial charge < -0.3 is 9.26 Å². The number of aromatic nitrogens is 1. The highest BCUT2D eigenvalue weighted by Gasteiger charge is 2.17. The van der Waals surface area contributed by atoms with E-state index in [1.54, 1.807) is 12.1 Å². The molecule has 3 nitrogen and oxygen atoms in total. The van der Waals surface area contributed by atoms with Gasteiger partial charge in [0.15, 0.2) is 5.58 Å². The first-order chi connectivity index (χ1) is 9.60. The van der Waals surface area contributed by atoms with Crippen molar-refractivity contribution in [3.05, 3.63) is 47.0 Å². The van der Waals surface area contributed by atoms with Crippen molar-refractivity contribution in [3.63, 3.8) is 0 Å². The van der Waals surface area contributed by atoms with Gasteiger partial charge in [0.25, 0.3) is 0 Å². The van der Waals surface area contributed by atoms with Gasteiger partial charge >= 0.3 is 0 Å². The third-order valence-electron chi connectivity index (χ3n) is 2.93. The SMILES string of the molecule is COc1cc2onc(-c3ccc(F)cc3F)c2cc1Cl. The van der Waals surface area contributed by atoms with Crippen molar-refractivity contribution in [3.8, 4) is 17.0 Å². The normalized spacial score (nSPS) is 11.0. The van der Waals surface area contributed by atoms with Gasteiger partial charge in [0.1, 0.15) is 23.1 Å². The molecule has 0 radical (unpaired) electrons. The number of methoxy groups -OCH3 is 1. The highest BCUT2D eigenvalue weighted by atomic mass is 35.5. The summed E-state index contributed by atoms with van der Waals surface area (Å²) in [5.74, 6) is -0.938. The minimum Gasteiger partial charge on any atom is -0.495 e. The molecule has 0 saturated carbocycles. The number of nitrogens with zero attached hydrogens (tertiary/aromatic N) is 1. The van der Waals surface area contributed by atoms with E-state index in [1.165, 1.54) is 13.2 Å². The Morgan fingerprint density at radius 2 is 2.00 bits per heavy atom. The Balaban J connectivity index is 2.24. The molecule has 0 atom stereocenters. The van der Waals surface area contributed by atoms with Crippen molar-refractivity contribution in [1.29, 1.82) is 0 Å². The number of fused-ring (bicyclic) bond motifs is 1. The molecule has 20 heavy (non-hydrogen) atoms. The second-order valence-electron chi connectivity index (χ2n) is 4.14. The molecule has 0 bridgehead atoms. The fraction of sp³-hybridized carbons (Fsp3) is 0.0714. The molecule has 0 unspecified atom stereocenters. The van der Waals surface area contributed by atoms with E-state index >= 15 is 0 Å². The maximum absolute atomic E-state index is 13.8. The topological polar surface area (TPSA) is 35.3 Å². The van der Waals surface area contributed by atoms with E-state index in [1.807, 2.05) is 0 Å². The van der Waals surface area contributed by atoms with Crippen molar-refractivity contribution < 1.29 is 18.0 Å². The Morgan fingerprint density at radius 3 is 2.70 bits per heavy atom. The van der Waals surface area contributed by atoms with Crippen molar-refractivity contribution in [2.24, 2.45) is 0 Å². The summed E-state index contributed by atoms with van der Waals surface area (Å²) in [6.07, 6.45) is 0. The summed E-state index contributed by atoms with van der Waals surface area (Å²) >= 11 is 6.04. The molecule has 0 aliphatic heterocycles. The van der Waals surface area contributed by atoms with Gasteiger partial charge in [-0.05, 0) is 18.2 Å². The average molecular weight is 296 g/mol. The Kier molecular flexibility index (Phi) is 3.06. The molecule has 2 aromatic carbocycles. The summed E-state index contributed by atoms with van der Waals surface area (Å²) in [7, 11) is 1.48. The molecule has 0 aliphatic rings. The maximum Gasteiger partial charge on any atom is 0.171 e. The average Bonchev–Trinajstić information content (AvgIpc) is 2.80. The van der Waals surface area contributed by atoms with Crippen LogP contribution in [0.5, 0.6) is 5.75 Å². The Hall–Kier alpha value is -2.14. The summed E-state index contributed by atoms with van der Waals surface area (Å²) in [5, 5.41) is 4.70. The molecule has 0 fully saturated rings. The molecular formula is C14H8ClF2NO2. The van der Waals surface area contributed by atoms with Gasteiger partial charge in [0.2, 0.25) is 0 Å². The summed E-state index contributed by atoms with van der Waals surface area (Å²) in [6.45, 7) is 0. The number of rotatable bonds is 2. The number of hydrogen-bond acceptors (Lipinski definition) is 3. The van der Waals surface area contributed by atoms with Crippen LogP contribution in [0.2, 0.25) is 5.02 Å². The van der Waals surface area contributed by atoms with Crippen molar-refractivity contribution in [2.45, 2.75) is 0 Å². The second kappa shape index (κ2) is 4.76. The van der Waals surface area contributed by atoms with Gasteiger partial charge in [-0.1, -0.05) is 16.8 Å². The lowest BCUT2D eigenvalue weighted by molar-refractivity contribution is 0.412.